The molecule has 0 aliphatic rings. The number of carbonyl (C=O) groups is 1. The third-order valence-corrected chi connectivity index (χ3v) is 5.84. The predicted molar refractivity (Wildman–Crippen MR) is 114 cm³/mol. The minimum absolute atomic E-state index is 0.0134. The number of ether oxygens (including phenoxy) is 1. The van der Waals surface area contributed by atoms with Gasteiger partial charge in [0, 0.05) is 20.0 Å². The third-order valence-electron chi connectivity index (χ3n) is 4.58. The standard InChI is InChI=1S/C23H22FNO5S/c1-17(26)25(15-18-3-7-20(24)8-4-18)16-19-5-9-22(10-6-19)30-31(27,28)23-13-11-21(29-2)12-14-23/h3-14H,15-16H2,1-2H3. The molecule has 8 heteroatoms. The fraction of sp³-hybridized carbons (Fsp3) is 0.174. The molecule has 0 N–H and O–H groups in total. The molecule has 0 aromatic heterocycles. The van der Waals surface area contributed by atoms with Crippen molar-refractivity contribution in [3.63, 3.8) is 0 Å². The summed E-state index contributed by atoms with van der Waals surface area (Å²) in [5.74, 6) is 0.233. The second-order valence-corrected chi connectivity index (χ2v) is 8.40. The Balaban J connectivity index is 1.67. The van der Waals surface area contributed by atoms with Gasteiger partial charge in [-0.2, -0.15) is 8.42 Å². The highest BCUT2D eigenvalue weighted by Gasteiger charge is 2.17. The fourth-order valence-electron chi connectivity index (χ4n) is 2.88. The number of halogens is 1. The summed E-state index contributed by atoms with van der Waals surface area (Å²) in [5, 5.41) is 0. The number of hydrogen-bond donors (Lipinski definition) is 0. The van der Waals surface area contributed by atoms with Crippen LogP contribution in [-0.4, -0.2) is 26.3 Å². The van der Waals surface area contributed by atoms with Crippen molar-refractivity contribution in [1.82, 2.24) is 4.90 Å². The molecule has 1 amide bonds. The van der Waals surface area contributed by atoms with Crippen LogP contribution in [-0.2, 0) is 28.0 Å². The third kappa shape index (κ3) is 6.05. The van der Waals surface area contributed by atoms with Crippen molar-refractivity contribution in [2.75, 3.05) is 7.11 Å². The van der Waals surface area contributed by atoms with Gasteiger partial charge in [-0.25, -0.2) is 4.39 Å². The monoisotopic (exact) mass is 443 g/mol. The van der Waals surface area contributed by atoms with E-state index in [9.17, 15) is 17.6 Å². The lowest BCUT2D eigenvalue weighted by molar-refractivity contribution is -0.130. The summed E-state index contributed by atoms with van der Waals surface area (Å²) in [6, 6.07) is 18.3. The van der Waals surface area contributed by atoms with Crippen LogP contribution >= 0.6 is 0 Å². The largest absolute Gasteiger partial charge is 0.497 e. The van der Waals surface area contributed by atoms with Crippen LogP contribution in [0.5, 0.6) is 11.5 Å². The SMILES string of the molecule is COc1ccc(S(=O)(=O)Oc2ccc(CN(Cc3ccc(F)cc3)C(C)=O)cc2)cc1. The molecule has 0 aliphatic carbocycles. The van der Waals surface area contributed by atoms with Crippen LogP contribution in [0.25, 0.3) is 0 Å². The highest BCUT2D eigenvalue weighted by atomic mass is 32.2. The molecule has 0 radical (unpaired) electrons. The normalized spacial score (nSPS) is 11.1. The van der Waals surface area contributed by atoms with E-state index >= 15 is 0 Å². The molecule has 0 unspecified atom stereocenters. The van der Waals surface area contributed by atoms with E-state index < -0.39 is 10.1 Å². The summed E-state index contributed by atoms with van der Waals surface area (Å²) in [6.07, 6.45) is 0. The first kappa shape index (κ1) is 22.3. The van der Waals surface area contributed by atoms with E-state index in [4.69, 9.17) is 8.92 Å². The van der Waals surface area contributed by atoms with Crippen molar-refractivity contribution in [1.29, 1.82) is 0 Å². The molecule has 31 heavy (non-hydrogen) atoms. The van der Waals surface area contributed by atoms with Gasteiger partial charge in [0.15, 0.2) is 0 Å². The molecule has 0 fully saturated rings. The van der Waals surface area contributed by atoms with E-state index in [-0.39, 0.29) is 22.4 Å². The van der Waals surface area contributed by atoms with Crippen LogP contribution in [0, 0.1) is 5.82 Å². The molecule has 0 bridgehead atoms. The van der Waals surface area contributed by atoms with E-state index in [1.807, 2.05) is 0 Å². The zero-order valence-electron chi connectivity index (χ0n) is 17.1. The number of benzene rings is 3. The van der Waals surface area contributed by atoms with E-state index in [2.05, 4.69) is 0 Å². The van der Waals surface area contributed by atoms with E-state index in [1.165, 1.54) is 62.6 Å². The van der Waals surface area contributed by atoms with Gasteiger partial charge in [0.2, 0.25) is 5.91 Å². The molecular formula is C23H22FNO5S. The maximum atomic E-state index is 13.1. The van der Waals surface area contributed by atoms with Crippen LogP contribution in [0.2, 0.25) is 0 Å². The van der Waals surface area contributed by atoms with Gasteiger partial charge in [-0.3, -0.25) is 4.79 Å². The highest BCUT2D eigenvalue weighted by molar-refractivity contribution is 7.87. The molecule has 3 aromatic rings. The van der Waals surface area contributed by atoms with Crippen molar-refractivity contribution < 1.29 is 26.5 Å². The summed E-state index contributed by atoms with van der Waals surface area (Å²) in [7, 11) is -2.49. The summed E-state index contributed by atoms with van der Waals surface area (Å²) < 4.78 is 48.2. The number of carbonyl (C=O) groups excluding carboxylic acids is 1. The first-order chi connectivity index (χ1) is 14.8. The summed E-state index contributed by atoms with van der Waals surface area (Å²) in [4.78, 5) is 13.6. The number of methoxy groups -OCH3 is 1. The Morgan fingerprint density at radius 1 is 0.839 bits per heavy atom. The average Bonchev–Trinajstić information content (AvgIpc) is 2.76. The average molecular weight is 443 g/mol. The van der Waals surface area contributed by atoms with E-state index in [0.717, 1.165) is 11.1 Å². The smallest absolute Gasteiger partial charge is 0.339 e. The number of nitrogens with zero attached hydrogens (tertiary/aromatic N) is 1. The Bertz CT molecular complexity index is 1130. The van der Waals surface area contributed by atoms with Crippen LogP contribution in [0.4, 0.5) is 4.39 Å². The Morgan fingerprint density at radius 2 is 1.32 bits per heavy atom. The molecule has 3 aromatic carbocycles. The number of hydrogen-bond acceptors (Lipinski definition) is 5. The molecule has 0 saturated carbocycles. The van der Waals surface area contributed by atoms with Crippen molar-refractivity contribution in [2.24, 2.45) is 0 Å². The van der Waals surface area contributed by atoms with Crippen LogP contribution in [0.1, 0.15) is 18.1 Å². The molecule has 0 spiro atoms. The van der Waals surface area contributed by atoms with Gasteiger partial charge in [0.1, 0.15) is 22.2 Å². The van der Waals surface area contributed by atoms with Gasteiger partial charge < -0.3 is 13.8 Å². The lowest BCUT2D eigenvalue weighted by Crippen LogP contribution is -2.27. The van der Waals surface area contributed by atoms with E-state index in [0.29, 0.717) is 18.8 Å². The summed E-state index contributed by atoms with van der Waals surface area (Å²) in [6.45, 7) is 2.11. The Morgan fingerprint density at radius 3 is 1.81 bits per heavy atom. The lowest BCUT2D eigenvalue weighted by Gasteiger charge is -2.21. The fourth-order valence-corrected chi connectivity index (χ4v) is 3.81. The topological polar surface area (TPSA) is 72.9 Å². The Kier molecular flexibility index (Phi) is 6.91. The number of rotatable bonds is 8. The Labute approximate surface area is 181 Å². The molecule has 0 aliphatic heterocycles. The molecule has 6 nitrogen and oxygen atoms in total. The molecule has 0 heterocycles. The molecule has 0 atom stereocenters. The van der Waals surface area contributed by atoms with Gasteiger partial charge >= 0.3 is 10.1 Å². The van der Waals surface area contributed by atoms with E-state index in [1.54, 1.807) is 29.2 Å². The molecule has 0 saturated heterocycles. The van der Waals surface area contributed by atoms with Gasteiger partial charge in [-0.05, 0) is 59.7 Å². The van der Waals surface area contributed by atoms with Gasteiger partial charge in [0.25, 0.3) is 0 Å². The molecule has 162 valence electrons. The molecule has 3 rings (SSSR count). The van der Waals surface area contributed by atoms with Gasteiger partial charge in [-0.15, -0.1) is 0 Å². The first-order valence-corrected chi connectivity index (χ1v) is 10.8. The molecular weight excluding hydrogens is 421 g/mol. The maximum absolute atomic E-state index is 13.1. The van der Waals surface area contributed by atoms with Crippen LogP contribution in [0.15, 0.2) is 77.7 Å². The van der Waals surface area contributed by atoms with Crippen LogP contribution in [0.3, 0.4) is 0 Å². The van der Waals surface area contributed by atoms with Crippen molar-refractivity contribution in [2.45, 2.75) is 24.9 Å². The lowest BCUT2D eigenvalue weighted by atomic mass is 10.1. The first-order valence-electron chi connectivity index (χ1n) is 9.44. The minimum atomic E-state index is -3.98. The highest BCUT2D eigenvalue weighted by Crippen LogP contribution is 2.22. The second kappa shape index (κ2) is 9.61. The zero-order chi connectivity index (χ0) is 22.4. The Hall–Kier alpha value is -3.39. The van der Waals surface area contributed by atoms with Crippen molar-refractivity contribution >= 4 is 16.0 Å². The van der Waals surface area contributed by atoms with Gasteiger partial charge in [0.05, 0.1) is 7.11 Å². The summed E-state index contributed by atoms with van der Waals surface area (Å²) >= 11 is 0. The van der Waals surface area contributed by atoms with Gasteiger partial charge in [-0.1, -0.05) is 24.3 Å². The maximum Gasteiger partial charge on any atom is 0.339 e. The number of amides is 1. The predicted octanol–water partition coefficient (Wildman–Crippen LogP) is 4.15. The van der Waals surface area contributed by atoms with Crippen molar-refractivity contribution in [3.05, 3.63) is 89.7 Å². The van der Waals surface area contributed by atoms with Crippen LogP contribution < -0.4 is 8.92 Å². The quantitative estimate of drug-likeness (QED) is 0.489. The summed E-state index contributed by atoms with van der Waals surface area (Å²) in [5.41, 5.74) is 1.61. The minimum Gasteiger partial charge on any atom is -0.497 e. The van der Waals surface area contributed by atoms with Crippen molar-refractivity contribution in [3.8, 4) is 11.5 Å². The second-order valence-electron chi connectivity index (χ2n) is 6.86. The zero-order valence-corrected chi connectivity index (χ0v) is 17.9.